The number of esters is 1. The van der Waals surface area contributed by atoms with Gasteiger partial charge in [0.2, 0.25) is 0 Å². The van der Waals surface area contributed by atoms with Crippen LogP contribution in [-0.4, -0.2) is 48.7 Å². The third kappa shape index (κ3) is 5.10. The largest absolute Gasteiger partial charge is 0.492 e. The second-order valence-electron chi connectivity index (χ2n) is 7.24. The summed E-state index contributed by atoms with van der Waals surface area (Å²) in [6.45, 7) is 5.50. The molecule has 0 amide bonds. The number of rotatable bonds is 8. The Kier molecular flexibility index (Phi) is 6.49. The van der Waals surface area contributed by atoms with Crippen molar-refractivity contribution in [3.05, 3.63) is 48.5 Å². The van der Waals surface area contributed by atoms with E-state index in [2.05, 4.69) is 9.88 Å². The average Bonchev–Trinajstić information content (AvgIpc) is 3.18. The van der Waals surface area contributed by atoms with E-state index < -0.39 is 0 Å². The molecule has 1 saturated heterocycles. The highest BCUT2D eigenvalue weighted by Crippen LogP contribution is 2.26. The number of oxazole rings is 1. The van der Waals surface area contributed by atoms with E-state index in [-0.39, 0.29) is 18.0 Å². The number of benzene rings is 2. The van der Waals surface area contributed by atoms with Crippen molar-refractivity contribution >= 4 is 17.1 Å². The van der Waals surface area contributed by atoms with E-state index in [0.29, 0.717) is 24.5 Å². The van der Waals surface area contributed by atoms with Crippen molar-refractivity contribution in [3.63, 3.8) is 0 Å². The summed E-state index contributed by atoms with van der Waals surface area (Å²) in [5.74, 6) is 1.39. The fourth-order valence-electron chi connectivity index (χ4n) is 3.54. The molecule has 0 spiro atoms. The first-order valence-corrected chi connectivity index (χ1v) is 10.4. The van der Waals surface area contributed by atoms with Gasteiger partial charge in [-0.2, -0.15) is 4.98 Å². The van der Waals surface area contributed by atoms with Gasteiger partial charge in [-0.05, 0) is 69.3 Å². The van der Waals surface area contributed by atoms with Crippen molar-refractivity contribution in [2.75, 3.05) is 32.8 Å². The predicted molar refractivity (Wildman–Crippen MR) is 112 cm³/mol. The number of fused-ring (bicyclic) bond motifs is 1. The monoisotopic (exact) mass is 410 g/mol. The molecule has 7 heteroatoms. The van der Waals surface area contributed by atoms with E-state index >= 15 is 0 Å². The van der Waals surface area contributed by atoms with Crippen LogP contribution >= 0.6 is 0 Å². The molecule has 0 bridgehead atoms. The maximum Gasteiger partial charge on any atom is 0.400 e. The highest BCUT2D eigenvalue weighted by molar-refractivity contribution is 5.73. The van der Waals surface area contributed by atoms with Gasteiger partial charge in [-0.25, -0.2) is 0 Å². The molecule has 4 rings (SSSR count). The van der Waals surface area contributed by atoms with Gasteiger partial charge in [0.1, 0.15) is 23.6 Å². The zero-order valence-electron chi connectivity index (χ0n) is 17.1. The van der Waals surface area contributed by atoms with Crippen LogP contribution in [0.25, 0.3) is 11.1 Å². The van der Waals surface area contributed by atoms with Crippen LogP contribution in [0.5, 0.6) is 17.6 Å². The molecule has 0 saturated carbocycles. The molecule has 0 radical (unpaired) electrons. The molecule has 1 aliphatic rings. The van der Waals surface area contributed by atoms with Crippen LogP contribution < -0.4 is 9.47 Å². The van der Waals surface area contributed by atoms with Gasteiger partial charge in [-0.1, -0.05) is 12.1 Å². The Hall–Kier alpha value is -3.06. The first-order chi connectivity index (χ1) is 14.7. The Bertz CT molecular complexity index is 928. The van der Waals surface area contributed by atoms with E-state index in [1.165, 1.54) is 0 Å². The molecular formula is C23H26N2O5. The first-order valence-electron chi connectivity index (χ1n) is 10.4. The highest BCUT2D eigenvalue weighted by Gasteiger charge is 2.25. The number of hydrogen-bond donors (Lipinski definition) is 0. The van der Waals surface area contributed by atoms with Crippen molar-refractivity contribution in [2.24, 2.45) is 5.92 Å². The van der Waals surface area contributed by atoms with Crippen LogP contribution in [0, 0.1) is 5.92 Å². The molecule has 30 heavy (non-hydrogen) atoms. The van der Waals surface area contributed by atoms with Crippen molar-refractivity contribution in [1.82, 2.24) is 9.88 Å². The van der Waals surface area contributed by atoms with Crippen molar-refractivity contribution in [1.29, 1.82) is 0 Å². The van der Waals surface area contributed by atoms with Crippen LogP contribution in [0.4, 0.5) is 0 Å². The topological polar surface area (TPSA) is 74.0 Å². The van der Waals surface area contributed by atoms with E-state index in [9.17, 15) is 4.79 Å². The molecule has 2 aromatic carbocycles. The number of carbonyl (C=O) groups excluding carboxylic acids is 1. The van der Waals surface area contributed by atoms with Gasteiger partial charge in [0.15, 0.2) is 5.58 Å². The van der Waals surface area contributed by atoms with E-state index in [4.69, 9.17) is 18.6 Å². The van der Waals surface area contributed by atoms with Crippen molar-refractivity contribution in [3.8, 4) is 17.6 Å². The van der Waals surface area contributed by atoms with Crippen LogP contribution in [0.15, 0.2) is 52.9 Å². The third-order valence-electron chi connectivity index (χ3n) is 5.19. The summed E-state index contributed by atoms with van der Waals surface area (Å²) >= 11 is 0. The molecule has 2 heterocycles. The van der Waals surface area contributed by atoms with E-state index in [1.807, 2.05) is 55.5 Å². The molecule has 7 nitrogen and oxygen atoms in total. The van der Waals surface area contributed by atoms with Crippen LogP contribution in [0.2, 0.25) is 0 Å². The smallest absolute Gasteiger partial charge is 0.400 e. The summed E-state index contributed by atoms with van der Waals surface area (Å²) in [4.78, 5) is 18.4. The second-order valence-corrected chi connectivity index (χ2v) is 7.24. The first kappa shape index (κ1) is 20.2. The van der Waals surface area contributed by atoms with Gasteiger partial charge in [-0.3, -0.25) is 9.69 Å². The predicted octanol–water partition coefficient (Wildman–Crippen LogP) is 4.27. The Morgan fingerprint density at radius 2 is 1.83 bits per heavy atom. The van der Waals surface area contributed by atoms with E-state index in [1.54, 1.807) is 0 Å². The zero-order valence-corrected chi connectivity index (χ0v) is 17.1. The van der Waals surface area contributed by atoms with Gasteiger partial charge in [-0.15, -0.1) is 0 Å². The summed E-state index contributed by atoms with van der Waals surface area (Å²) in [7, 11) is 0. The summed E-state index contributed by atoms with van der Waals surface area (Å²) in [5, 5.41) is 0. The lowest BCUT2D eigenvalue weighted by Crippen LogP contribution is -2.39. The molecule has 1 aromatic heterocycles. The number of aromatic nitrogens is 1. The lowest BCUT2D eigenvalue weighted by atomic mass is 9.97. The van der Waals surface area contributed by atoms with Crippen LogP contribution in [0.1, 0.15) is 19.8 Å². The van der Waals surface area contributed by atoms with Crippen molar-refractivity contribution < 1.29 is 23.4 Å². The maximum atomic E-state index is 11.8. The molecule has 0 unspecified atom stereocenters. The maximum absolute atomic E-state index is 11.8. The lowest BCUT2D eigenvalue weighted by Gasteiger charge is -2.30. The summed E-state index contributed by atoms with van der Waals surface area (Å²) < 4.78 is 22.2. The molecule has 1 aliphatic heterocycles. The number of ether oxygens (including phenoxy) is 3. The number of nitrogens with zero attached hydrogens (tertiary/aromatic N) is 2. The number of hydrogen-bond acceptors (Lipinski definition) is 7. The van der Waals surface area contributed by atoms with Crippen LogP contribution in [-0.2, 0) is 9.53 Å². The second kappa shape index (κ2) is 9.63. The minimum absolute atomic E-state index is 0.0379. The normalized spacial score (nSPS) is 15.2. The number of likely N-dealkylation sites (tertiary alicyclic amines) is 1. The van der Waals surface area contributed by atoms with E-state index in [0.717, 1.165) is 43.7 Å². The minimum Gasteiger partial charge on any atom is -0.492 e. The van der Waals surface area contributed by atoms with Crippen LogP contribution in [0.3, 0.4) is 0 Å². The number of para-hydroxylation sites is 2. The van der Waals surface area contributed by atoms with Crippen molar-refractivity contribution in [2.45, 2.75) is 19.8 Å². The average molecular weight is 410 g/mol. The minimum atomic E-state index is -0.0615. The quantitative estimate of drug-likeness (QED) is 0.513. The molecule has 1 fully saturated rings. The SMILES string of the molecule is CCOC(=O)C1CCN(CCOc2ccc(Oc3nc4ccccc4o3)cc2)CC1. The number of carbonyl (C=O) groups is 1. The molecule has 0 N–H and O–H groups in total. The zero-order chi connectivity index (χ0) is 20.8. The Morgan fingerprint density at radius 1 is 1.10 bits per heavy atom. The molecule has 0 atom stereocenters. The third-order valence-corrected chi connectivity index (χ3v) is 5.19. The summed E-state index contributed by atoms with van der Waals surface area (Å²) in [6, 6.07) is 14.9. The van der Waals surface area contributed by atoms with Gasteiger partial charge >= 0.3 is 12.0 Å². The standard InChI is InChI=1S/C23H26N2O5/c1-2-27-22(26)17-11-13-25(14-12-17)15-16-28-18-7-9-19(10-8-18)29-23-24-20-5-3-4-6-21(20)30-23/h3-10,17H,2,11-16H2,1H3. The van der Waals surface area contributed by atoms with Gasteiger partial charge < -0.3 is 18.6 Å². The van der Waals surface area contributed by atoms with Gasteiger partial charge in [0.05, 0.1) is 12.5 Å². The molecule has 0 aliphatic carbocycles. The Morgan fingerprint density at radius 3 is 2.57 bits per heavy atom. The molecule has 158 valence electrons. The summed E-state index contributed by atoms with van der Waals surface area (Å²) in [6.07, 6.45) is 1.91. The highest BCUT2D eigenvalue weighted by atomic mass is 16.6. The Balaban J connectivity index is 1.20. The Labute approximate surface area is 175 Å². The number of piperidine rings is 1. The molecular weight excluding hydrogens is 384 g/mol. The molecule has 3 aromatic rings. The summed E-state index contributed by atoms with van der Waals surface area (Å²) in [5.41, 5.74) is 1.46. The fourth-order valence-corrected chi connectivity index (χ4v) is 3.54. The lowest BCUT2D eigenvalue weighted by molar-refractivity contribution is -0.149. The fraction of sp³-hybridized carbons (Fsp3) is 0.391. The van der Waals surface area contributed by atoms with Gasteiger partial charge in [0.25, 0.3) is 0 Å². The van der Waals surface area contributed by atoms with Gasteiger partial charge in [0, 0.05) is 6.54 Å².